The SMILES string of the molecule is NC1(N)CC=CC=C1SSc1ccccc1. The Hall–Kier alpha value is -0.680. The first-order valence-corrected chi connectivity index (χ1v) is 7.18. The van der Waals surface area contributed by atoms with Gasteiger partial charge in [-0.1, -0.05) is 51.9 Å². The largest absolute Gasteiger partial charge is 0.309 e. The molecule has 1 aliphatic carbocycles. The van der Waals surface area contributed by atoms with Gasteiger partial charge in [0.05, 0.1) is 0 Å². The molecule has 0 unspecified atom stereocenters. The van der Waals surface area contributed by atoms with Gasteiger partial charge >= 0.3 is 0 Å². The zero-order valence-corrected chi connectivity index (χ0v) is 10.4. The van der Waals surface area contributed by atoms with Gasteiger partial charge in [-0.2, -0.15) is 0 Å². The highest BCUT2D eigenvalue weighted by Gasteiger charge is 2.25. The summed E-state index contributed by atoms with van der Waals surface area (Å²) < 4.78 is 0. The van der Waals surface area contributed by atoms with Gasteiger partial charge in [0.1, 0.15) is 5.66 Å². The number of allylic oxidation sites excluding steroid dienone is 2. The summed E-state index contributed by atoms with van der Waals surface area (Å²) in [5, 5.41) is 0. The van der Waals surface area contributed by atoms with Gasteiger partial charge < -0.3 is 11.5 Å². The predicted octanol–water partition coefficient (Wildman–Crippen LogP) is 2.88. The topological polar surface area (TPSA) is 52.0 Å². The number of benzene rings is 1. The quantitative estimate of drug-likeness (QED) is 0.640. The lowest BCUT2D eigenvalue weighted by Gasteiger charge is -2.27. The Morgan fingerprint density at radius 1 is 1.06 bits per heavy atom. The molecule has 1 aromatic carbocycles. The number of hydrogen-bond acceptors (Lipinski definition) is 4. The Morgan fingerprint density at radius 3 is 2.50 bits per heavy atom. The molecular formula is C12H14N2S2. The van der Waals surface area contributed by atoms with Crippen LogP contribution in [-0.4, -0.2) is 5.66 Å². The second-order valence-electron chi connectivity index (χ2n) is 3.68. The molecule has 0 aromatic heterocycles. The highest BCUT2D eigenvalue weighted by molar-refractivity contribution is 8.78. The van der Waals surface area contributed by atoms with E-state index in [0.717, 1.165) is 4.91 Å². The van der Waals surface area contributed by atoms with Crippen LogP contribution in [0.5, 0.6) is 0 Å². The molecule has 4 N–H and O–H groups in total. The highest BCUT2D eigenvalue weighted by Crippen LogP contribution is 2.41. The molecule has 0 atom stereocenters. The normalized spacial score (nSPS) is 18.2. The van der Waals surface area contributed by atoms with E-state index in [-0.39, 0.29) is 0 Å². The average molecular weight is 250 g/mol. The molecule has 84 valence electrons. The van der Waals surface area contributed by atoms with Crippen molar-refractivity contribution >= 4 is 21.6 Å². The summed E-state index contributed by atoms with van der Waals surface area (Å²) in [6.07, 6.45) is 6.69. The molecule has 4 heteroatoms. The van der Waals surface area contributed by atoms with Crippen molar-refractivity contribution in [3.05, 3.63) is 53.5 Å². The summed E-state index contributed by atoms with van der Waals surface area (Å²) in [6, 6.07) is 10.2. The third kappa shape index (κ3) is 2.92. The van der Waals surface area contributed by atoms with Gasteiger partial charge in [0, 0.05) is 16.2 Å². The molecule has 0 fully saturated rings. The maximum Gasteiger partial charge on any atom is 0.100 e. The van der Waals surface area contributed by atoms with Gasteiger partial charge in [-0.15, -0.1) is 0 Å². The van der Waals surface area contributed by atoms with Crippen molar-refractivity contribution < 1.29 is 0 Å². The van der Waals surface area contributed by atoms with Crippen LogP contribution in [0.25, 0.3) is 0 Å². The maximum atomic E-state index is 6.01. The van der Waals surface area contributed by atoms with Crippen molar-refractivity contribution in [2.45, 2.75) is 17.0 Å². The van der Waals surface area contributed by atoms with Gasteiger partial charge in [0.25, 0.3) is 0 Å². The van der Waals surface area contributed by atoms with Crippen molar-refractivity contribution in [3.8, 4) is 0 Å². The van der Waals surface area contributed by atoms with Crippen LogP contribution >= 0.6 is 21.6 Å². The van der Waals surface area contributed by atoms with E-state index in [2.05, 4.69) is 12.1 Å². The van der Waals surface area contributed by atoms with Crippen LogP contribution in [0.4, 0.5) is 0 Å². The van der Waals surface area contributed by atoms with Crippen molar-refractivity contribution in [2.24, 2.45) is 11.5 Å². The van der Waals surface area contributed by atoms with E-state index in [4.69, 9.17) is 11.5 Å². The molecule has 1 aliphatic rings. The predicted molar refractivity (Wildman–Crippen MR) is 72.8 cm³/mol. The van der Waals surface area contributed by atoms with Crippen molar-refractivity contribution in [1.29, 1.82) is 0 Å². The van der Waals surface area contributed by atoms with Crippen molar-refractivity contribution in [3.63, 3.8) is 0 Å². The molecule has 2 nitrogen and oxygen atoms in total. The smallest absolute Gasteiger partial charge is 0.100 e. The molecule has 0 radical (unpaired) electrons. The summed E-state index contributed by atoms with van der Waals surface area (Å²) in [5.41, 5.74) is 11.3. The minimum atomic E-state index is -0.707. The number of hydrogen-bond donors (Lipinski definition) is 2. The van der Waals surface area contributed by atoms with E-state index in [1.807, 2.05) is 36.4 Å². The molecule has 0 saturated heterocycles. The maximum absolute atomic E-state index is 6.01. The Bertz CT molecular complexity index is 410. The second-order valence-corrected chi connectivity index (χ2v) is 5.93. The minimum absolute atomic E-state index is 0.696. The number of rotatable bonds is 3. The Balaban J connectivity index is 2.00. The van der Waals surface area contributed by atoms with E-state index >= 15 is 0 Å². The molecule has 16 heavy (non-hydrogen) atoms. The molecule has 0 bridgehead atoms. The zero-order valence-electron chi connectivity index (χ0n) is 8.80. The van der Waals surface area contributed by atoms with E-state index < -0.39 is 5.66 Å². The molecule has 0 saturated carbocycles. The third-order valence-electron chi connectivity index (χ3n) is 2.27. The van der Waals surface area contributed by atoms with Gasteiger partial charge in [-0.05, 0) is 18.2 Å². The fraction of sp³-hybridized carbons (Fsp3) is 0.167. The van der Waals surface area contributed by atoms with Crippen LogP contribution in [0.3, 0.4) is 0 Å². The van der Waals surface area contributed by atoms with E-state index in [1.54, 1.807) is 21.6 Å². The molecule has 0 aliphatic heterocycles. The molecule has 0 amide bonds. The molecular weight excluding hydrogens is 236 g/mol. The molecule has 0 spiro atoms. The lowest BCUT2D eigenvalue weighted by atomic mass is 10.0. The summed E-state index contributed by atoms with van der Waals surface area (Å²) >= 11 is 0. The van der Waals surface area contributed by atoms with E-state index in [9.17, 15) is 0 Å². The van der Waals surface area contributed by atoms with Crippen LogP contribution < -0.4 is 11.5 Å². The summed E-state index contributed by atoms with van der Waals surface area (Å²) in [5.74, 6) is 0. The Labute approximate surface area is 104 Å². The average Bonchev–Trinajstić information content (AvgIpc) is 2.28. The minimum Gasteiger partial charge on any atom is -0.309 e. The Kier molecular flexibility index (Phi) is 3.76. The van der Waals surface area contributed by atoms with Crippen molar-refractivity contribution in [1.82, 2.24) is 0 Å². The summed E-state index contributed by atoms with van der Waals surface area (Å²) in [6.45, 7) is 0. The summed E-state index contributed by atoms with van der Waals surface area (Å²) in [4.78, 5) is 2.22. The lowest BCUT2D eigenvalue weighted by molar-refractivity contribution is 0.548. The zero-order chi connectivity index (χ0) is 11.4. The van der Waals surface area contributed by atoms with Crippen LogP contribution in [0.15, 0.2) is 58.4 Å². The van der Waals surface area contributed by atoms with Crippen LogP contribution in [-0.2, 0) is 0 Å². The highest BCUT2D eigenvalue weighted by atomic mass is 33.1. The molecule has 2 rings (SSSR count). The van der Waals surface area contributed by atoms with Gasteiger partial charge in [-0.3, -0.25) is 0 Å². The van der Waals surface area contributed by atoms with E-state index in [1.165, 1.54) is 4.90 Å². The van der Waals surface area contributed by atoms with Gasteiger partial charge in [-0.25, -0.2) is 0 Å². The van der Waals surface area contributed by atoms with Gasteiger partial charge in [0.2, 0.25) is 0 Å². The fourth-order valence-electron chi connectivity index (χ4n) is 1.35. The first-order valence-electron chi connectivity index (χ1n) is 5.03. The second kappa shape index (κ2) is 5.10. The Morgan fingerprint density at radius 2 is 1.81 bits per heavy atom. The summed E-state index contributed by atoms with van der Waals surface area (Å²) in [7, 11) is 3.32. The third-order valence-corrected chi connectivity index (χ3v) is 4.88. The lowest BCUT2D eigenvalue weighted by Crippen LogP contribution is -2.50. The standard InChI is InChI=1S/C12H14N2S2/c13-12(14)9-5-4-8-11(12)16-15-10-6-2-1-3-7-10/h1-8H,9,13-14H2. The fourth-order valence-corrected chi connectivity index (χ4v) is 3.70. The molecule has 0 heterocycles. The van der Waals surface area contributed by atoms with E-state index in [0.29, 0.717) is 6.42 Å². The van der Waals surface area contributed by atoms with Crippen LogP contribution in [0.2, 0.25) is 0 Å². The van der Waals surface area contributed by atoms with Gasteiger partial charge in [0.15, 0.2) is 0 Å². The van der Waals surface area contributed by atoms with Crippen molar-refractivity contribution in [2.75, 3.05) is 0 Å². The first-order chi connectivity index (χ1) is 7.68. The molecule has 1 aromatic rings. The number of nitrogens with two attached hydrogens (primary N) is 2. The first kappa shape index (κ1) is 11.8. The van der Waals surface area contributed by atoms with Crippen LogP contribution in [0.1, 0.15) is 6.42 Å². The monoisotopic (exact) mass is 250 g/mol. The van der Waals surface area contributed by atoms with Crippen LogP contribution in [0, 0.1) is 0 Å².